The maximum absolute atomic E-state index is 6.24. The average molecular weight is 332 g/mol. The number of benzene rings is 2. The quantitative estimate of drug-likeness (QED) is 0.673. The van der Waals surface area contributed by atoms with Gasteiger partial charge in [-0.2, -0.15) is 5.10 Å². The van der Waals surface area contributed by atoms with Gasteiger partial charge < -0.3 is 9.47 Å². The summed E-state index contributed by atoms with van der Waals surface area (Å²) in [7, 11) is 0. The Hall–Kier alpha value is -2.75. The van der Waals surface area contributed by atoms with Gasteiger partial charge in [-0.3, -0.25) is 0 Å². The molecule has 0 spiro atoms. The lowest BCUT2D eigenvalue weighted by Gasteiger charge is -2.44. The fourth-order valence-corrected chi connectivity index (χ4v) is 4.15. The highest BCUT2D eigenvalue weighted by molar-refractivity contribution is 5.53. The van der Waals surface area contributed by atoms with Crippen molar-refractivity contribution in [2.24, 2.45) is 5.41 Å². The Balaban J connectivity index is 1.74. The van der Waals surface area contributed by atoms with Gasteiger partial charge >= 0.3 is 0 Å². The predicted molar refractivity (Wildman–Crippen MR) is 95.7 cm³/mol. The van der Waals surface area contributed by atoms with Crippen LogP contribution in [0.1, 0.15) is 29.7 Å². The minimum atomic E-state index is -0.0866. The van der Waals surface area contributed by atoms with Crippen LogP contribution in [0.4, 0.5) is 0 Å². The van der Waals surface area contributed by atoms with Gasteiger partial charge in [0.15, 0.2) is 0 Å². The fourth-order valence-electron chi connectivity index (χ4n) is 4.15. The second kappa shape index (κ2) is 5.12. The Morgan fingerprint density at radius 3 is 2.56 bits per heavy atom. The Morgan fingerprint density at radius 2 is 1.72 bits per heavy atom. The molecule has 0 N–H and O–H groups in total. The molecule has 25 heavy (non-hydrogen) atoms. The van der Waals surface area contributed by atoms with Gasteiger partial charge in [-0.1, -0.05) is 43.3 Å². The Bertz CT molecular complexity index is 948. The van der Waals surface area contributed by atoms with Crippen LogP contribution in [0.2, 0.25) is 0 Å². The molecule has 0 aliphatic carbocycles. The Kier molecular flexibility index (Phi) is 2.99. The van der Waals surface area contributed by atoms with Gasteiger partial charge in [0.2, 0.25) is 5.88 Å². The SMILES string of the molecule is Cc1nn(-c2ccccc2)c2c1[C@H]1c3ccccc3OC[C@]1(C)CO2. The number of aromatic nitrogens is 2. The van der Waals surface area contributed by atoms with Crippen LogP contribution in [0.5, 0.6) is 11.6 Å². The van der Waals surface area contributed by atoms with Crippen LogP contribution in [0.3, 0.4) is 0 Å². The van der Waals surface area contributed by atoms with Crippen molar-refractivity contribution in [1.29, 1.82) is 0 Å². The summed E-state index contributed by atoms with van der Waals surface area (Å²) in [5, 5.41) is 4.81. The highest BCUT2D eigenvalue weighted by Crippen LogP contribution is 2.54. The highest BCUT2D eigenvalue weighted by Gasteiger charge is 2.49. The predicted octanol–water partition coefficient (Wildman–Crippen LogP) is 4.10. The first-order chi connectivity index (χ1) is 12.2. The average Bonchev–Trinajstić information content (AvgIpc) is 2.98. The number of nitrogens with zero attached hydrogens (tertiary/aromatic N) is 2. The molecule has 0 fully saturated rings. The summed E-state index contributed by atoms with van der Waals surface area (Å²) in [5.74, 6) is 2.08. The second-order valence-electron chi connectivity index (χ2n) is 7.25. The molecule has 2 aliphatic heterocycles. The number of fused-ring (bicyclic) bond motifs is 5. The van der Waals surface area contributed by atoms with Gasteiger partial charge in [0, 0.05) is 22.5 Å². The molecule has 5 rings (SSSR count). The molecule has 4 heteroatoms. The van der Waals surface area contributed by atoms with E-state index in [1.165, 1.54) is 11.1 Å². The summed E-state index contributed by atoms with van der Waals surface area (Å²) < 4.78 is 14.2. The van der Waals surface area contributed by atoms with Crippen LogP contribution in [-0.4, -0.2) is 23.0 Å². The van der Waals surface area contributed by atoms with E-state index in [0.717, 1.165) is 23.0 Å². The lowest BCUT2D eigenvalue weighted by molar-refractivity contribution is 0.0415. The molecule has 0 saturated carbocycles. The summed E-state index contributed by atoms with van der Waals surface area (Å²) in [5.41, 5.74) is 4.38. The fraction of sp³-hybridized carbons (Fsp3) is 0.286. The van der Waals surface area contributed by atoms with Gasteiger partial charge in [-0.25, -0.2) is 4.68 Å². The van der Waals surface area contributed by atoms with E-state index >= 15 is 0 Å². The molecule has 0 radical (unpaired) electrons. The highest BCUT2D eigenvalue weighted by atomic mass is 16.5. The molecule has 3 aromatic rings. The first kappa shape index (κ1) is 14.6. The van der Waals surface area contributed by atoms with Crippen molar-refractivity contribution < 1.29 is 9.47 Å². The zero-order valence-corrected chi connectivity index (χ0v) is 14.4. The minimum Gasteiger partial charge on any atom is -0.493 e. The molecule has 2 aromatic carbocycles. The van der Waals surface area contributed by atoms with Crippen molar-refractivity contribution in [3.8, 4) is 17.3 Å². The molecule has 1 aromatic heterocycles. The second-order valence-corrected chi connectivity index (χ2v) is 7.25. The van der Waals surface area contributed by atoms with Crippen LogP contribution in [0.25, 0.3) is 5.69 Å². The van der Waals surface area contributed by atoms with E-state index < -0.39 is 0 Å². The van der Waals surface area contributed by atoms with Gasteiger partial charge in [-0.15, -0.1) is 0 Å². The third kappa shape index (κ3) is 2.03. The number of hydrogen-bond acceptors (Lipinski definition) is 3. The molecular formula is C21H20N2O2. The van der Waals surface area contributed by atoms with Crippen LogP contribution in [0, 0.1) is 12.3 Å². The number of ether oxygens (including phenoxy) is 2. The third-order valence-electron chi connectivity index (χ3n) is 5.37. The van der Waals surface area contributed by atoms with E-state index in [4.69, 9.17) is 14.6 Å². The van der Waals surface area contributed by atoms with E-state index in [2.05, 4.69) is 44.2 Å². The maximum Gasteiger partial charge on any atom is 0.220 e. The van der Waals surface area contributed by atoms with Crippen LogP contribution in [-0.2, 0) is 0 Å². The summed E-state index contributed by atoms with van der Waals surface area (Å²) >= 11 is 0. The maximum atomic E-state index is 6.24. The normalized spacial score (nSPS) is 23.7. The smallest absolute Gasteiger partial charge is 0.220 e. The first-order valence-corrected chi connectivity index (χ1v) is 8.67. The largest absolute Gasteiger partial charge is 0.493 e. The number of para-hydroxylation sites is 2. The van der Waals surface area contributed by atoms with Gasteiger partial charge in [0.05, 0.1) is 24.6 Å². The van der Waals surface area contributed by atoms with Crippen LogP contribution < -0.4 is 9.47 Å². The zero-order chi connectivity index (χ0) is 17.0. The van der Waals surface area contributed by atoms with E-state index in [9.17, 15) is 0 Å². The zero-order valence-electron chi connectivity index (χ0n) is 14.4. The van der Waals surface area contributed by atoms with Crippen molar-refractivity contribution in [2.75, 3.05) is 13.2 Å². The summed E-state index contributed by atoms with van der Waals surface area (Å²) in [6.45, 7) is 5.60. The molecular weight excluding hydrogens is 312 g/mol. The van der Waals surface area contributed by atoms with E-state index in [1.807, 2.05) is 28.9 Å². The van der Waals surface area contributed by atoms with E-state index in [0.29, 0.717) is 13.2 Å². The molecule has 0 bridgehead atoms. The lowest BCUT2D eigenvalue weighted by Crippen LogP contribution is -2.44. The molecule has 126 valence electrons. The monoisotopic (exact) mass is 332 g/mol. The van der Waals surface area contributed by atoms with Gasteiger partial charge in [0.25, 0.3) is 0 Å². The van der Waals surface area contributed by atoms with Gasteiger partial charge in [-0.05, 0) is 25.1 Å². The summed E-state index contributed by atoms with van der Waals surface area (Å²) in [4.78, 5) is 0. The molecule has 0 unspecified atom stereocenters. The molecule has 0 saturated heterocycles. The molecule has 0 amide bonds. The van der Waals surface area contributed by atoms with E-state index in [1.54, 1.807) is 0 Å². The molecule has 2 aliphatic rings. The number of rotatable bonds is 1. The number of aryl methyl sites for hydroxylation is 1. The Labute approximate surface area is 147 Å². The van der Waals surface area contributed by atoms with Crippen molar-refractivity contribution in [2.45, 2.75) is 19.8 Å². The van der Waals surface area contributed by atoms with Crippen LogP contribution >= 0.6 is 0 Å². The van der Waals surface area contributed by atoms with Crippen molar-refractivity contribution in [3.05, 3.63) is 71.4 Å². The summed E-state index contributed by atoms with van der Waals surface area (Å²) in [6, 6.07) is 18.5. The van der Waals surface area contributed by atoms with Gasteiger partial charge in [0.1, 0.15) is 5.75 Å². The first-order valence-electron chi connectivity index (χ1n) is 8.67. The minimum absolute atomic E-state index is 0.0866. The third-order valence-corrected chi connectivity index (χ3v) is 5.37. The molecule has 3 heterocycles. The molecule has 2 atom stereocenters. The summed E-state index contributed by atoms with van der Waals surface area (Å²) in [6.07, 6.45) is 0. The van der Waals surface area contributed by atoms with E-state index in [-0.39, 0.29) is 11.3 Å². The van der Waals surface area contributed by atoms with Crippen molar-refractivity contribution in [3.63, 3.8) is 0 Å². The standard InChI is InChI=1S/C21H20N2O2/c1-14-18-19-16-10-6-7-11-17(16)24-12-21(19,2)13-25-20(18)23(22-14)15-8-4-3-5-9-15/h3-11,19H,12-13H2,1-2H3/t19-,21-/m1/s1. The van der Waals surface area contributed by atoms with Crippen molar-refractivity contribution in [1.82, 2.24) is 9.78 Å². The van der Waals surface area contributed by atoms with Crippen LogP contribution in [0.15, 0.2) is 54.6 Å². The molecule has 4 nitrogen and oxygen atoms in total. The Morgan fingerprint density at radius 1 is 1.00 bits per heavy atom. The lowest BCUT2D eigenvalue weighted by atomic mass is 9.68. The topological polar surface area (TPSA) is 36.3 Å². The number of hydrogen-bond donors (Lipinski definition) is 0. The van der Waals surface area contributed by atoms with Crippen molar-refractivity contribution >= 4 is 0 Å².